The van der Waals surface area contributed by atoms with Gasteiger partial charge < -0.3 is 24.4 Å². The van der Waals surface area contributed by atoms with Crippen molar-refractivity contribution in [3.8, 4) is 28.4 Å². The number of thiazole rings is 1. The van der Waals surface area contributed by atoms with Gasteiger partial charge in [-0.1, -0.05) is 77.8 Å². The first-order chi connectivity index (χ1) is 29.2. The number of carbonyl (C=O) groups is 2. The number of rotatable bonds is 10. The predicted molar refractivity (Wildman–Crippen MR) is 235 cm³/mol. The van der Waals surface area contributed by atoms with Gasteiger partial charge in [-0.3, -0.25) is 14.6 Å². The fraction of sp³-hybridized carbons (Fsp3) is 0.208. The average molecular weight is 856 g/mol. The van der Waals surface area contributed by atoms with Gasteiger partial charge in [-0.05, 0) is 119 Å². The summed E-state index contributed by atoms with van der Waals surface area (Å²) in [6.45, 7) is 5.39. The van der Waals surface area contributed by atoms with E-state index >= 15 is 0 Å². The molecule has 0 spiro atoms. The van der Waals surface area contributed by atoms with Gasteiger partial charge in [0, 0.05) is 31.4 Å². The van der Waals surface area contributed by atoms with E-state index < -0.39 is 6.04 Å². The van der Waals surface area contributed by atoms with Crippen molar-refractivity contribution in [3.63, 3.8) is 0 Å². The molecule has 0 bridgehead atoms. The molecular weight excluding hydrogens is 816 g/mol. The second kappa shape index (κ2) is 17.0. The molecule has 0 saturated heterocycles. The van der Waals surface area contributed by atoms with Crippen LogP contribution in [0.2, 0.25) is 10.0 Å². The monoisotopic (exact) mass is 854 g/mol. The molecule has 2 atom stereocenters. The average Bonchev–Trinajstić information content (AvgIpc) is 3.71. The molecule has 9 rings (SSSR count). The highest BCUT2D eigenvalue weighted by Crippen LogP contribution is 2.41. The van der Waals surface area contributed by atoms with Crippen LogP contribution < -0.4 is 19.5 Å². The quantitative estimate of drug-likeness (QED) is 0.146. The van der Waals surface area contributed by atoms with Gasteiger partial charge in [0.15, 0.2) is 22.6 Å². The maximum absolute atomic E-state index is 14.3. The van der Waals surface area contributed by atoms with Gasteiger partial charge >= 0.3 is 0 Å². The number of halogens is 2. The minimum atomic E-state index is -0.745. The van der Waals surface area contributed by atoms with Crippen molar-refractivity contribution in [3.05, 3.63) is 170 Å². The fourth-order valence-electron chi connectivity index (χ4n) is 7.68. The van der Waals surface area contributed by atoms with Crippen molar-refractivity contribution in [1.29, 1.82) is 0 Å². The largest absolute Gasteiger partial charge is 0.489 e. The molecule has 302 valence electrons. The summed E-state index contributed by atoms with van der Waals surface area (Å²) in [5.74, 6) is 1.40. The fourth-order valence-corrected chi connectivity index (χ4v) is 8.92. The number of carbonyl (C=O) groups excluding carboxylic acids is 2. The molecule has 0 fully saturated rings. The Morgan fingerprint density at radius 2 is 1.67 bits per heavy atom. The van der Waals surface area contributed by atoms with Crippen LogP contribution in [0, 0.1) is 13.8 Å². The topological polar surface area (TPSA) is 103 Å². The van der Waals surface area contributed by atoms with E-state index in [-0.39, 0.29) is 24.5 Å². The molecule has 4 heterocycles. The lowest BCUT2D eigenvalue weighted by atomic mass is 9.92. The van der Waals surface area contributed by atoms with Gasteiger partial charge in [-0.25, -0.2) is 4.98 Å². The second-order valence-electron chi connectivity index (χ2n) is 15.0. The van der Waals surface area contributed by atoms with Crippen LogP contribution in [0.1, 0.15) is 55.0 Å². The number of aromatic nitrogens is 2. The lowest BCUT2D eigenvalue weighted by molar-refractivity contribution is -0.126. The summed E-state index contributed by atoms with van der Waals surface area (Å²) >= 11 is 13.5. The van der Waals surface area contributed by atoms with Crippen LogP contribution in [0.15, 0.2) is 115 Å². The third-order valence-electron chi connectivity index (χ3n) is 11.2. The molecule has 2 amide bonds. The molecular formula is C48H40Cl2N4O5S. The highest BCUT2D eigenvalue weighted by molar-refractivity contribution is 7.20. The third-order valence-corrected chi connectivity index (χ3v) is 12.9. The number of aryl methyl sites for hydroxylation is 1. The maximum atomic E-state index is 14.3. The van der Waals surface area contributed by atoms with Crippen LogP contribution in [0.3, 0.4) is 0 Å². The summed E-state index contributed by atoms with van der Waals surface area (Å²) in [4.78, 5) is 39.1. The van der Waals surface area contributed by atoms with E-state index in [1.54, 1.807) is 17.0 Å². The number of fused-ring (bicyclic) bond motifs is 3. The highest BCUT2D eigenvalue weighted by Gasteiger charge is 2.38. The Hall–Kier alpha value is -5.94. The summed E-state index contributed by atoms with van der Waals surface area (Å²) in [5, 5.41) is 4.47. The normalized spacial score (nSPS) is 15.7. The van der Waals surface area contributed by atoms with Gasteiger partial charge in [-0.2, -0.15) is 0 Å². The molecule has 1 N–H and O–H groups in total. The molecule has 0 radical (unpaired) electrons. The molecule has 12 heteroatoms. The number of hydrogen-bond acceptors (Lipinski definition) is 8. The number of pyridine rings is 1. The molecule has 2 aromatic heterocycles. The Balaban J connectivity index is 0.899. The first kappa shape index (κ1) is 39.5. The number of ether oxygens (including phenoxy) is 3. The number of para-hydroxylation sites is 1. The molecule has 9 nitrogen and oxygen atoms in total. The zero-order valence-electron chi connectivity index (χ0n) is 32.9. The van der Waals surface area contributed by atoms with Crippen molar-refractivity contribution < 1.29 is 23.8 Å². The zero-order valence-corrected chi connectivity index (χ0v) is 35.2. The standard InChI is InChI=1S/C48H40Cl2N4O5S/c1-28-29(2)51-20-18-37(28)32-10-7-30(8-11-32)17-19-52-46(55)41-22-34-23-42-43(24-35(34)25-54(41)48(56)47-53-40-5-3-4-6-45(40)60-47)59-44(27-58-42)33-12-14-36(15-13-33)57-26-31-9-16-38(49)39(50)21-31/h3-16,18,20-21,23-24,41,44H,17,19,22,25-27H2,1-2H3,(H,52,55). The summed E-state index contributed by atoms with van der Waals surface area (Å²) in [6, 6.07) is 34.4. The van der Waals surface area contributed by atoms with Crippen LogP contribution >= 0.6 is 34.5 Å². The molecule has 2 unspecified atom stereocenters. The van der Waals surface area contributed by atoms with Gasteiger partial charge in [0.25, 0.3) is 5.91 Å². The van der Waals surface area contributed by atoms with Crippen LogP contribution in [-0.2, 0) is 30.8 Å². The van der Waals surface area contributed by atoms with Gasteiger partial charge in [-0.15, -0.1) is 11.3 Å². The summed E-state index contributed by atoms with van der Waals surface area (Å²) in [6.07, 6.45) is 2.44. The Morgan fingerprint density at radius 1 is 0.883 bits per heavy atom. The predicted octanol–water partition coefficient (Wildman–Crippen LogP) is 10.3. The number of benzene rings is 5. The van der Waals surface area contributed by atoms with Gasteiger partial charge in [0.05, 0.1) is 20.3 Å². The number of hydrogen-bond donors (Lipinski definition) is 1. The smallest absolute Gasteiger partial charge is 0.283 e. The van der Waals surface area contributed by atoms with E-state index in [9.17, 15) is 9.59 Å². The maximum Gasteiger partial charge on any atom is 0.283 e. The Morgan fingerprint density at radius 3 is 2.47 bits per heavy atom. The van der Waals surface area contributed by atoms with Crippen molar-refractivity contribution in [2.75, 3.05) is 13.2 Å². The van der Waals surface area contributed by atoms with E-state index in [0.29, 0.717) is 64.9 Å². The minimum Gasteiger partial charge on any atom is -0.489 e. The number of nitrogens with one attached hydrogen (secondary N) is 1. The lowest BCUT2D eigenvalue weighted by Crippen LogP contribution is -2.52. The van der Waals surface area contributed by atoms with Gasteiger partial charge in [0.2, 0.25) is 5.91 Å². The number of nitrogens with zero attached hydrogens (tertiary/aromatic N) is 3. The minimum absolute atomic E-state index is 0.212. The van der Waals surface area contributed by atoms with E-state index in [4.69, 9.17) is 37.4 Å². The number of amides is 2. The summed E-state index contributed by atoms with van der Waals surface area (Å²) in [7, 11) is 0. The van der Waals surface area contributed by atoms with Crippen molar-refractivity contribution in [2.45, 2.75) is 52.0 Å². The SMILES string of the molecule is Cc1nccc(-c2ccc(CCNC(=O)C3Cc4cc5c(cc4CN3C(=O)c3nc4ccccc4s3)OC(c3ccc(OCc4ccc(Cl)c(Cl)c4)cc3)CO5)cc2)c1C. The Kier molecular flexibility index (Phi) is 11.2. The van der Waals surface area contributed by atoms with Crippen molar-refractivity contribution in [1.82, 2.24) is 20.2 Å². The highest BCUT2D eigenvalue weighted by atomic mass is 35.5. The molecule has 5 aromatic carbocycles. The van der Waals surface area contributed by atoms with Crippen LogP contribution in [0.25, 0.3) is 21.3 Å². The first-order valence-electron chi connectivity index (χ1n) is 19.7. The molecule has 2 aliphatic heterocycles. The van der Waals surface area contributed by atoms with E-state index in [2.05, 4.69) is 46.5 Å². The van der Waals surface area contributed by atoms with Crippen molar-refractivity contribution in [2.24, 2.45) is 0 Å². The van der Waals surface area contributed by atoms with Gasteiger partial charge in [0.1, 0.15) is 25.0 Å². The molecule has 60 heavy (non-hydrogen) atoms. The molecule has 0 aliphatic carbocycles. The summed E-state index contributed by atoms with van der Waals surface area (Å²) < 4.78 is 19.7. The lowest BCUT2D eigenvalue weighted by Gasteiger charge is -2.37. The third kappa shape index (κ3) is 8.28. The van der Waals surface area contributed by atoms with Crippen LogP contribution in [0.5, 0.6) is 17.2 Å². The molecule has 2 aliphatic rings. The molecule has 0 saturated carbocycles. The van der Waals surface area contributed by atoms with E-state index in [1.807, 2.05) is 85.9 Å². The van der Waals surface area contributed by atoms with E-state index in [1.165, 1.54) is 11.3 Å². The second-order valence-corrected chi connectivity index (χ2v) is 16.9. The summed E-state index contributed by atoms with van der Waals surface area (Å²) in [5.41, 5.74) is 9.97. The first-order valence-corrected chi connectivity index (χ1v) is 21.3. The molecule has 7 aromatic rings. The van der Waals surface area contributed by atoms with Crippen molar-refractivity contribution >= 4 is 56.6 Å². The van der Waals surface area contributed by atoms with E-state index in [0.717, 1.165) is 60.4 Å². The Bertz CT molecular complexity index is 2710. The Labute approximate surface area is 361 Å². The zero-order chi connectivity index (χ0) is 41.3. The van der Waals surface area contributed by atoms with Crippen LogP contribution in [-0.4, -0.2) is 45.9 Å². The van der Waals surface area contributed by atoms with Crippen LogP contribution in [0.4, 0.5) is 0 Å².